The standard InChI is InChI=1S/C15H20FNO3/c1-15(2,3)20-14(18)17-9-8-13(10-17)19-12-6-4-11(16)5-7-12/h4-7,13H,8-10H2,1-3H3. The molecule has 1 atom stereocenters. The second kappa shape index (κ2) is 5.69. The molecule has 110 valence electrons. The van der Waals surface area contributed by atoms with E-state index < -0.39 is 5.60 Å². The van der Waals surface area contributed by atoms with Crippen LogP contribution in [0.5, 0.6) is 5.75 Å². The quantitative estimate of drug-likeness (QED) is 0.835. The molecule has 1 aromatic rings. The topological polar surface area (TPSA) is 38.8 Å². The van der Waals surface area contributed by atoms with Crippen molar-refractivity contribution in [2.45, 2.75) is 38.9 Å². The van der Waals surface area contributed by atoms with Crippen LogP contribution in [-0.2, 0) is 4.74 Å². The minimum atomic E-state index is -0.493. The van der Waals surface area contributed by atoms with Gasteiger partial charge in [0.1, 0.15) is 23.3 Å². The number of carbonyl (C=O) groups excluding carboxylic acids is 1. The molecule has 0 spiro atoms. The first-order valence-corrected chi connectivity index (χ1v) is 6.74. The van der Waals surface area contributed by atoms with Gasteiger partial charge in [-0.3, -0.25) is 0 Å². The second-order valence-corrected chi connectivity index (χ2v) is 5.91. The van der Waals surface area contributed by atoms with E-state index in [0.717, 1.165) is 6.42 Å². The van der Waals surface area contributed by atoms with Crippen LogP contribution in [-0.4, -0.2) is 35.8 Å². The molecule has 5 heteroatoms. The molecular weight excluding hydrogens is 261 g/mol. The summed E-state index contributed by atoms with van der Waals surface area (Å²) in [7, 11) is 0. The molecule has 1 saturated heterocycles. The lowest BCUT2D eigenvalue weighted by Crippen LogP contribution is -2.36. The number of carbonyl (C=O) groups is 1. The van der Waals surface area contributed by atoms with Gasteiger partial charge in [-0.25, -0.2) is 9.18 Å². The van der Waals surface area contributed by atoms with Crippen molar-refractivity contribution in [2.24, 2.45) is 0 Å². The monoisotopic (exact) mass is 281 g/mol. The molecule has 1 aliphatic rings. The smallest absolute Gasteiger partial charge is 0.410 e. The zero-order chi connectivity index (χ0) is 14.8. The summed E-state index contributed by atoms with van der Waals surface area (Å²) in [5, 5.41) is 0. The first kappa shape index (κ1) is 14.6. The van der Waals surface area contributed by atoms with E-state index in [9.17, 15) is 9.18 Å². The van der Waals surface area contributed by atoms with Crippen molar-refractivity contribution in [3.63, 3.8) is 0 Å². The zero-order valence-electron chi connectivity index (χ0n) is 12.1. The second-order valence-electron chi connectivity index (χ2n) is 5.91. The van der Waals surface area contributed by atoms with Gasteiger partial charge in [-0.2, -0.15) is 0 Å². The summed E-state index contributed by atoms with van der Waals surface area (Å²) in [5.74, 6) is 0.321. The van der Waals surface area contributed by atoms with Crippen molar-refractivity contribution < 1.29 is 18.7 Å². The summed E-state index contributed by atoms with van der Waals surface area (Å²) in [5.41, 5.74) is -0.493. The number of amides is 1. The Morgan fingerprint density at radius 3 is 2.55 bits per heavy atom. The van der Waals surface area contributed by atoms with E-state index in [0.29, 0.717) is 18.8 Å². The van der Waals surface area contributed by atoms with E-state index in [4.69, 9.17) is 9.47 Å². The number of hydrogen-bond acceptors (Lipinski definition) is 3. The molecule has 20 heavy (non-hydrogen) atoms. The molecule has 1 amide bonds. The Morgan fingerprint density at radius 1 is 1.30 bits per heavy atom. The predicted molar refractivity (Wildman–Crippen MR) is 73.2 cm³/mol. The normalized spacial score (nSPS) is 19.0. The number of hydrogen-bond donors (Lipinski definition) is 0. The van der Waals surface area contributed by atoms with Crippen molar-refractivity contribution >= 4 is 6.09 Å². The summed E-state index contributed by atoms with van der Waals surface area (Å²) in [6.07, 6.45) is 0.354. The number of benzene rings is 1. The van der Waals surface area contributed by atoms with Gasteiger partial charge in [0.25, 0.3) is 0 Å². The Balaban J connectivity index is 1.86. The highest BCUT2D eigenvalue weighted by Crippen LogP contribution is 2.20. The van der Waals surface area contributed by atoms with Gasteiger partial charge < -0.3 is 14.4 Å². The average molecular weight is 281 g/mol. The molecule has 0 saturated carbocycles. The van der Waals surface area contributed by atoms with Crippen LogP contribution in [0, 0.1) is 5.82 Å². The fourth-order valence-corrected chi connectivity index (χ4v) is 2.02. The molecule has 2 rings (SSSR count). The molecule has 1 aliphatic heterocycles. The maximum absolute atomic E-state index is 12.8. The minimum Gasteiger partial charge on any atom is -0.489 e. The van der Waals surface area contributed by atoms with E-state index >= 15 is 0 Å². The molecule has 1 aromatic carbocycles. The van der Waals surface area contributed by atoms with Gasteiger partial charge in [-0.15, -0.1) is 0 Å². The third-order valence-corrected chi connectivity index (χ3v) is 2.91. The highest BCUT2D eigenvalue weighted by molar-refractivity contribution is 5.68. The SMILES string of the molecule is CC(C)(C)OC(=O)N1CCC(Oc2ccc(F)cc2)C1. The van der Waals surface area contributed by atoms with Gasteiger partial charge >= 0.3 is 6.09 Å². The van der Waals surface area contributed by atoms with Crippen LogP contribution in [0.4, 0.5) is 9.18 Å². The van der Waals surface area contributed by atoms with Crippen molar-refractivity contribution in [2.75, 3.05) is 13.1 Å². The summed E-state index contributed by atoms with van der Waals surface area (Å²) >= 11 is 0. The molecule has 1 heterocycles. The molecule has 0 aliphatic carbocycles. The Hall–Kier alpha value is -1.78. The van der Waals surface area contributed by atoms with Crippen LogP contribution in [0.25, 0.3) is 0 Å². The molecule has 0 aromatic heterocycles. The third kappa shape index (κ3) is 4.11. The number of rotatable bonds is 2. The van der Waals surface area contributed by atoms with E-state index in [1.54, 1.807) is 17.0 Å². The predicted octanol–water partition coefficient (Wildman–Crippen LogP) is 3.21. The number of nitrogens with zero attached hydrogens (tertiary/aromatic N) is 1. The van der Waals surface area contributed by atoms with Crippen LogP contribution in [0.2, 0.25) is 0 Å². The van der Waals surface area contributed by atoms with Crippen LogP contribution in [0.1, 0.15) is 27.2 Å². The highest BCUT2D eigenvalue weighted by Gasteiger charge is 2.30. The Morgan fingerprint density at radius 2 is 1.95 bits per heavy atom. The van der Waals surface area contributed by atoms with E-state index in [1.807, 2.05) is 20.8 Å². The average Bonchev–Trinajstić information content (AvgIpc) is 2.79. The summed E-state index contributed by atoms with van der Waals surface area (Å²) in [6.45, 7) is 6.63. The maximum Gasteiger partial charge on any atom is 0.410 e. The first-order valence-electron chi connectivity index (χ1n) is 6.74. The van der Waals surface area contributed by atoms with Crippen molar-refractivity contribution in [1.29, 1.82) is 0 Å². The zero-order valence-corrected chi connectivity index (χ0v) is 12.1. The van der Waals surface area contributed by atoms with Crippen LogP contribution >= 0.6 is 0 Å². The van der Waals surface area contributed by atoms with Crippen molar-refractivity contribution in [3.8, 4) is 5.75 Å². The van der Waals surface area contributed by atoms with Crippen LogP contribution < -0.4 is 4.74 Å². The third-order valence-electron chi connectivity index (χ3n) is 2.91. The van der Waals surface area contributed by atoms with Gasteiger partial charge in [0.2, 0.25) is 0 Å². The van der Waals surface area contributed by atoms with Crippen LogP contribution in [0.3, 0.4) is 0 Å². The molecule has 1 unspecified atom stereocenters. The lowest BCUT2D eigenvalue weighted by Gasteiger charge is -2.24. The molecule has 0 bridgehead atoms. The lowest BCUT2D eigenvalue weighted by molar-refractivity contribution is 0.0275. The van der Waals surface area contributed by atoms with Crippen LogP contribution in [0.15, 0.2) is 24.3 Å². The first-order chi connectivity index (χ1) is 9.33. The lowest BCUT2D eigenvalue weighted by atomic mass is 10.2. The number of ether oxygens (including phenoxy) is 2. The van der Waals surface area contributed by atoms with E-state index in [2.05, 4.69) is 0 Å². The van der Waals surface area contributed by atoms with Gasteiger partial charge in [0, 0.05) is 13.0 Å². The molecular formula is C15H20FNO3. The Kier molecular flexibility index (Phi) is 4.16. The maximum atomic E-state index is 12.8. The molecule has 0 radical (unpaired) electrons. The van der Waals surface area contributed by atoms with Gasteiger partial charge in [-0.05, 0) is 45.0 Å². The summed E-state index contributed by atoms with van der Waals surface area (Å²) < 4.78 is 23.8. The van der Waals surface area contributed by atoms with Crippen molar-refractivity contribution in [3.05, 3.63) is 30.1 Å². The van der Waals surface area contributed by atoms with Gasteiger partial charge in [0.15, 0.2) is 0 Å². The Bertz CT molecular complexity index is 467. The Labute approximate surface area is 118 Å². The number of halogens is 1. The van der Waals surface area contributed by atoms with E-state index in [1.165, 1.54) is 12.1 Å². The highest BCUT2D eigenvalue weighted by atomic mass is 19.1. The number of likely N-dealkylation sites (tertiary alicyclic amines) is 1. The molecule has 4 nitrogen and oxygen atoms in total. The fourth-order valence-electron chi connectivity index (χ4n) is 2.02. The fraction of sp³-hybridized carbons (Fsp3) is 0.533. The summed E-state index contributed by atoms with van der Waals surface area (Å²) in [4.78, 5) is 13.5. The van der Waals surface area contributed by atoms with Gasteiger partial charge in [0.05, 0.1) is 6.54 Å². The van der Waals surface area contributed by atoms with Gasteiger partial charge in [-0.1, -0.05) is 0 Å². The molecule has 1 fully saturated rings. The molecule has 0 N–H and O–H groups in total. The minimum absolute atomic E-state index is 0.0759. The van der Waals surface area contributed by atoms with Crippen molar-refractivity contribution in [1.82, 2.24) is 4.90 Å². The largest absolute Gasteiger partial charge is 0.489 e. The van der Waals surface area contributed by atoms with E-state index in [-0.39, 0.29) is 18.0 Å². The summed E-state index contributed by atoms with van der Waals surface area (Å²) in [6, 6.07) is 5.89.